The molecule has 2 aromatic heterocycles. The third kappa shape index (κ3) is 4.74. The van der Waals surface area contributed by atoms with Crippen molar-refractivity contribution in [3.8, 4) is 5.69 Å². The fourth-order valence-corrected chi connectivity index (χ4v) is 8.75. The van der Waals surface area contributed by atoms with Gasteiger partial charge in [-0.05, 0) is 80.3 Å². The molecule has 0 saturated heterocycles. The van der Waals surface area contributed by atoms with Gasteiger partial charge in [-0.15, -0.1) is 0 Å². The highest BCUT2D eigenvalue weighted by atomic mass is 16.3. The number of para-hydroxylation sites is 2. The number of amidine groups is 2. The molecule has 0 radical (unpaired) electrons. The van der Waals surface area contributed by atoms with E-state index in [1.54, 1.807) is 0 Å². The van der Waals surface area contributed by atoms with Gasteiger partial charge in [0.2, 0.25) is 0 Å². The molecule has 3 heterocycles. The van der Waals surface area contributed by atoms with E-state index in [9.17, 15) is 0 Å². The van der Waals surface area contributed by atoms with Crippen molar-refractivity contribution in [1.82, 2.24) is 9.88 Å². The molecule has 5 nitrogen and oxygen atoms in total. The van der Waals surface area contributed by atoms with Gasteiger partial charge in [0, 0.05) is 27.3 Å². The predicted molar refractivity (Wildman–Crippen MR) is 232 cm³/mol. The first-order chi connectivity index (χ1) is 27.7. The first kappa shape index (κ1) is 30.9. The van der Waals surface area contributed by atoms with Crippen molar-refractivity contribution < 1.29 is 4.42 Å². The van der Waals surface area contributed by atoms with Crippen LogP contribution < -0.4 is 5.32 Å². The van der Waals surface area contributed by atoms with E-state index in [2.05, 4.69) is 162 Å². The zero-order valence-corrected chi connectivity index (χ0v) is 30.1. The monoisotopic (exact) mass is 716 g/mol. The zero-order chi connectivity index (χ0) is 36.7. The van der Waals surface area contributed by atoms with Crippen LogP contribution in [0.5, 0.6) is 0 Å². The number of aromatic nitrogens is 1. The van der Waals surface area contributed by atoms with E-state index in [-0.39, 0.29) is 6.17 Å². The van der Waals surface area contributed by atoms with Gasteiger partial charge in [-0.25, -0.2) is 9.98 Å². The molecule has 0 amide bonds. The van der Waals surface area contributed by atoms with Crippen molar-refractivity contribution >= 4 is 87.7 Å². The Labute approximate surface area is 321 Å². The number of hydrogen-bond donors (Lipinski definition) is 1. The molecule has 1 aliphatic rings. The number of benzene rings is 9. The Morgan fingerprint density at radius 1 is 0.464 bits per heavy atom. The molecule has 262 valence electrons. The number of fused-ring (bicyclic) bond motifs is 10. The summed E-state index contributed by atoms with van der Waals surface area (Å²) in [5, 5.41) is 15.6. The van der Waals surface area contributed by atoms with Crippen molar-refractivity contribution in [1.29, 1.82) is 0 Å². The molecule has 12 rings (SSSR count). The van der Waals surface area contributed by atoms with Crippen molar-refractivity contribution in [3.63, 3.8) is 0 Å². The Bertz CT molecular complexity index is 3460. The molecule has 1 atom stereocenters. The molecule has 5 heteroatoms. The lowest BCUT2D eigenvalue weighted by Gasteiger charge is -2.24. The first-order valence-corrected chi connectivity index (χ1v) is 19.0. The average molecular weight is 717 g/mol. The van der Waals surface area contributed by atoms with Gasteiger partial charge in [-0.3, -0.25) is 0 Å². The van der Waals surface area contributed by atoms with Crippen molar-refractivity contribution in [3.05, 3.63) is 199 Å². The van der Waals surface area contributed by atoms with Gasteiger partial charge in [-0.1, -0.05) is 140 Å². The summed E-state index contributed by atoms with van der Waals surface area (Å²) in [7, 11) is 0. The summed E-state index contributed by atoms with van der Waals surface area (Å²) >= 11 is 0. The van der Waals surface area contributed by atoms with Crippen LogP contribution >= 0.6 is 0 Å². The van der Waals surface area contributed by atoms with E-state index in [1.165, 1.54) is 43.1 Å². The number of hydrogen-bond acceptors (Lipinski definition) is 4. The van der Waals surface area contributed by atoms with Gasteiger partial charge in [0.05, 0.1) is 22.1 Å². The Balaban J connectivity index is 1.10. The van der Waals surface area contributed by atoms with E-state index in [0.29, 0.717) is 5.84 Å². The van der Waals surface area contributed by atoms with E-state index in [1.807, 2.05) is 30.3 Å². The maximum atomic E-state index is 6.70. The lowest BCUT2D eigenvalue weighted by molar-refractivity contribution is 0.666. The van der Waals surface area contributed by atoms with Gasteiger partial charge in [0.25, 0.3) is 0 Å². The van der Waals surface area contributed by atoms with Gasteiger partial charge < -0.3 is 14.3 Å². The normalized spacial score (nSPS) is 14.6. The molecular weight excluding hydrogens is 685 g/mol. The van der Waals surface area contributed by atoms with Gasteiger partial charge in [0.15, 0.2) is 5.84 Å². The molecule has 0 saturated carbocycles. The minimum atomic E-state index is -0.372. The Morgan fingerprint density at radius 2 is 1.16 bits per heavy atom. The SMILES string of the molecule is c1ccc(C2=NC(c3ccc4c(ccc5ccccc54)c3)NC(c3cc(-n4c5ccccc5c5cc6ccccc6cc54)c4c(c3)oc3ccccc34)=N2)cc1. The standard InChI is InChI=1S/C51H32N4O/c1-2-13-32(14-3-1)49-52-50(36-24-25-39-35(26-36)23-22-31-12-6-7-17-38(31)39)54-51(53-49)37-29-45(48-41-19-9-11-21-46(41)56-47(48)30-37)55-43-20-10-8-18-40(43)42-27-33-15-4-5-16-34(33)28-44(42)55/h1-30,50H,(H,52,53,54). The number of aliphatic imine (C=N–C) groups is 2. The maximum absolute atomic E-state index is 6.70. The average Bonchev–Trinajstić information content (AvgIpc) is 3.80. The molecule has 56 heavy (non-hydrogen) atoms. The molecule has 1 aliphatic heterocycles. The fraction of sp³-hybridized carbons (Fsp3) is 0.0196. The van der Waals surface area contributed by atoms with Crippen LogP contribution in [-0.2, 0) is 0 Å². The lowest BCUT2D eigenvalue weighted by atomic mass is 9.99. The molecule has 0 bridgehead atoms. The summed E-state index contributed by atoms with van der Waals surface area (Å²) in [5.41, 5.74) is 7.89. The highest BCUT2D eigenvalue weighted by Gasteiger charge is 2.25. The summed E-state index contributed by atoms with van der Waals surface area (Å²) in [6.07, 6.45) is -0.372. The minimum absolute atomic E-state index is 0.372. The lowest BCUT2D eigenvalue weighted by Crippen LogP contribution is -2.33. The summed E-state index contributed by atoms with van der Waals surface area (Å²) in [5.74, 6) is 1.41. The summed E-state index contributed by atoms with van der Waals surface area (Å²) in [4.78, 5) is 10.5. The van der Waals surface area contributed by atoms with Crippen molar-refractivity contribution in [2.45, 2.75) is 6.17 Å². The third-order valence-electron chi connectivity index (χ3n) is 11.4. The highest BCUT2D eigenvalue weighted by molar-refractivity contribution is 6.19. The molecule has 1 unspecified atom stereocenters. The van der Waals surface area contributed by atoms with Crippen LogP contribution in [0.1, 0.15) is 22.9 Å². The van der Waals surface area contributed by atoms with Crippen LogP contribution in [0.3, 0.4) is 0 Å². The Kier molecular flexibility index (Phi) is 6.63. The van der Waals surface area contributed by atoms with Crippen molar-refractivity contribution in [2.75, 3.05) is 0 Å². The van der Waals surface area contributed by atoms with E-state index in [4.69, 9.17) is 14.4 Å². The summed E-state index contributed by atoms with van der Waals surface area (Å²) < 4.78 is 9.11. The second kappa shape index (κ2) is 12.0. The second-order valence-electron chi connectivity index (χ2n) is 14.6. The van der Waals surface area contributed by atoms with Crippen LogP contribution in [0, 0.1) is 0 Å². The van der Waals surface area contributed by atoms with Crippen LogP contribution in [0.4, 0.5) is 0 Å². The Hall–Kier alpha value is -7.50. The van der Waals surface area contributed by atoms with E-state index in [0.717, 1.165) is 61.2 Å². The van der Waals surface area contributed by atoms with E-state index >= 15 is 0 Å². The molecule has 11 aromatic rings. The number of nitrogens with one attached hydrogen (secondary N) is 1. The molecule has 0 spiro atoms. The van der Waals surface area contributed by atoms with Crippen LogP contribution in [-0.4, -0.2) is 16.2 Å². The summed E-state index contributed by atoms with van der Waals surface area (Å²) in [6.45, 7) is 0. The topological polar surface area (TPSA) is 54.8 Å². The largest absolute Gasteiger partial charge is 0.456 e. The molecule has 1 N–H and O–H groups in total. The first-order valence-electron chi connectivity index (χ1n) is 19.0. The molecular formula is C51H32N4O. The molecule has 9 aromatic carbocycles. The van der Waals surface area contributed by atoms with Crippen LogP contribution in [0.2, 0.25) is 0 Å². The maximum Gasteiger partial charge on any atom is 0.159 e. The Morgan fingerprint density at radius 3 is 2.04 bits per heavy atom. The third-order valence-corrected chi connectivity index (χ3v) is 11.4. The highest BCUT2D eigenvalue weighted by Crippen LogP contribution is 2.41. The predicted octanol–water partition coefficient (Wildman–Crippen LogP) is 12.6. The van der Waals surface area contributed by atoms with Crippen LogP contribution in [0.15, 0.2) is 196 Å². The quantitative estimate of drug-likeness (QED) is 0.184. The van der Waals surface area contributed by atoms with Crippen LogP contribution in [0.25, 0.3) is 81.7 Å². The molecule has 0 fully saturated rings. The van der Waals surface area contributed by atoms with Gasteiger partial charge in [-0.2, -0.15) is 0 Å². The fourth-order valence-electron chi connectivity index (χ4n) is 8.75. The van der Waals surface area contributed by atoms with Gasteiger partial charge in [0.1, 0.15) is 23.2 Å². The second-order valence-corrected chi connectivity index (χ2v) is 14.6. The summed E-state index contributed by atoms with van der Waals surface area (Å²) in [6, 6.07) is 64.5. The smallest absolute Gasteiger partial charge is 0.159 e. The number of furan rings is 1. The zero-order valence-electron chi connectivity index (χ0n) is 30.1. The number of nitrogens with zero attached hydrogens (tertiary/aromatic N) is 3. The van der Waals surface area contributed by atoms with E-state index < -0.39 is 0 Å². The van der Waals surface area contributed by atoms with Crippen molar-refractivity contribution in [2.24, 2.45) is 9.98 Å². The minimum Gasteiger partial charge on any atom is -0.456 e. The number of rotatable bonds is 4. The molecule has 0 aliphatic carbocycles. The van der Waals surface area contributed by atoms with Gasteiger partial charge >= 0.3 is 0 Å².